The van der Waals surface area contributed by atoms with Gasteiger partial charge in [-0.2, -0.15) is 0 Å². The second-order valence-corrected chi connectivity index (χ2v) is 9.20. The normalized spacial score (nSPS) is 14.1. The molecule has 6 N–H and O–H groups in total. The van der Waals surface area contributed by atoms with E-state index in [0.717, 1.165) is 0 Å². The maximum atomic E-state index is 11.8. The Labute approximate surface area is 234 Å². The largest absolute Gasteiger partial charge is 0.466 e. The molecule has 14 nitrogen and oxygen atoms in total. The number of carbonyl (C=O) groups excluding carboxylic acids is 4. The van der Waals surface area contributed by atoms with E-state index >= 15 is 0 Å². The van der Waals surface area contributed by atoms with E-state index in [4.69, 9.17) is 29.2 Å². The Morgan fingerprint density at radius 1 is 0.450 bits per heavy atom. The summed E-state index contributed by atoms with van der Waals surface area (Å²) in [6.45, 7) is -0.812. The van der Waals surface area contributed by atoms with Gasteiger partial charge in [0.25, 0.3) is 0 Å². The highest BCUT2D eigenvalue weighted by Gasteiger charge is 2.32. The van der Waals surface area contributed by atoms with Crippen molar-refractivity contribution in [3.63, 3.8) is 0 Å². The molecule has 0 rings (SSSR count). The highest BCUT2D eigenvalue weighted by Crippen LogP contribution is 2.10. The summed E-state index contributed by atoms with van der Waals surface area (Å²) in [4.78, 5) is 46.6. The number of hydrogen-bond donors (Lipinski definition) is 6. The summed E-state index contributed by atoms with van der Waals surface area (Å²) in [6, 6.07) is 0. The Balaban J connectivity index is 4.01. The fourth-order valence-electron chi connectivity index (χ4n) is 3.17. The number of hydrogen-bond acceptors (Lipinski definition) is 14. The van der Waals surface area contributed by atoms with Crippen LogP contribution in [-0.2, 0) is 38.1 Å². The summed E-state index contributed by atoms with van der Waals surface area (Å²) in [5.41, 5.74) is 0. The van der Waals surface area contributed by atoms with Gasteiger partial charge in [-0.3, -0.25) is 19.2 Å². The second kappa shape index (κ2) is 24.4. The van der Waals surface area contributed by atoms with Crippen LogP contribution >= 0.6 is 0 Å². The number of esters is 4. The zero-order chi connectivity index (χ0) is 30.2. The highest BCUT2D eigenvalue weighted by molar-refractivity contribution is 5.71. The lowest BCUT2D eigenvalue weighted by molar-refractivity contribution is -0.162. The Morgan fingerprint density at radius 3 is 1.05 bits per heavy atom. The van der Waals surface area contributed by atoms with Gasteiger partial charge >= 0.3 is 23.9 Å². The van der Waals surface area contributed by atoms with Gasteiger partial charge in [-0.25, -0.2) is 0 Å². The highest BCUT2D eigenvalue weighted by atomic mass is 16.6. The average molecular weight is 583 g/mol. The lowest BCUT2D eigenvalue weighted by Crippen LogP contribution is -2.48. The molecule has 0 aliphatic carbocycles. The van der Waals surface area contributed by atoms with Crippen LogP contribution in [0.1, 0.15) is 77.0 Å². The topological polar surface area (TPSA) is 227 Å². The maximum absolute atomic E-state index is 11.8. The summed E-state index contributed by atoms with van der Waals surface area (Å²) < 4.78 is 19.6. The molecule has 0 saturated carbocycles. The van der Waals surface area contributed by atoms with Gasteiger partial charge in [0.15, 0.2) is 0 Å². The number of aliphatic hydroxyl groups excluding tert-OH is 6. The molecule has 0 aliphatic heterocycles. The van der Waals surface area contributed by atoms with E-state index in [-0.39, 0.29) is 52.1 Å². The molecule has 40 heavy (non-hydrogen) atoms. The third kappa shape index (κ3) is 20.5. The molecule has 234 valence electrons. The van der Waals surface area contributed by atoms with Crippen LogP contribution in [0.2, 0.25) is 0 Å². The monoisotopic (exact) mass is 582 g/mol. The van der Waals surface area contributed by atoms with Crippen molar-refractivity contribution in [2.75, 3.05) is 39.6 Å². The first-order chi connectivity index (χ1) is 19.1. The molecular weight excluding hydrogens is 536 g/mol. The van der Waals surface area contributed by atoms with Gasteiger partial charge in [-0.15, -0.1) is 0 Å². The Hall–Kier alpha value is -2.36. The van der Waals surface area contributed by atoms with E-state index in [2.05, 4.69) is 0 Å². The van der Waals surface area contributed by atoms with Gasteiger partial charge in [0, 0.05) is 38.9 Å². The fraction of sp³-hybridized carbons (Fsp3) is 0.846. The molecule has 0 aromatic carbocycles. The predicted molar refractivity (Wildman–Crippen MR) is 137 cm³/mol. The zero-order valence-corrected chi connectivity index (χ0v) is 23.0. The number of aliphatic hydroxyl groups is 6. The van der Waals surface area contributed by atoms with Crippen LogP contribution in [0.3, 0.4) is 0 Å². The second-order valence-electron chi connectivity index (χ2n) is 9.20. The van der Waals surface area contributed by atoms with E-state index in [1.807, 2.05) is 0 Å². The van der Waals surface area contributed by atoms with Crippen LogP contribution < -0.4 is 0 Å². The summed E-state index contributed by atoms with van der Waals surface area (Å²) in [7, 11) is 0. The van der Waals surface area contributed by atoms with E-state index in [1.165, 1.54) is 0 Å². The average Bonchev–Trinajstić information content (AvgIpc) is 2.94. The van der Waals surface area contributed by atoms with Crippen molar-refractivity contribution in [2.24, 2.45) is 0 Å². The van der Waals surface area contributed by atoms with Crippen molar-refractivity contribution in [3.8, 4) is 0 Å². The number of ether oxygens (including phenoxy) is 4. The fourth-order valence-corrected chi connectivity index (χ4v) is 3.17. The van der Waals surface area contributed by atoms with Gasteiger partial charge in [0.2, 0.25) is 0 Å². The van der Waals surface area contributed by atoms with Crippen LogP contribution in [0.5, 0.6) is 0 Å². The molecular formula is C26H46O14. The van der Waals surface area contributed by atoms with Gasteiger partial charge in [0.05, 0.1) is 13.2 Å². The Bertz CT molecular complexity index is 643. The molecule has 4 atom stereocenters. The van der Waals surface area contributed by atoms with Gasteiger partial charge in [0.1, 0.15) is 37.6 Å². The predicted octanol–water partition coefficient (Wildman–Crippen LogP) is -0.731. The van der Waals surface area contributed by atoms with Crippen molar-refractivity contribution < 1.29 is 68.8 Å². The standard InChI is InChI=1S/C26H46O14/c27-13-5-7-15-37-21(31)9-1-3-11-23(33)39-17-19(29)25(35)26(36)20(30)18-40-24(34)12-4-2-10-22(32)38-16-8-6-14-28/h19-20,25-30,35-36H,1-18H2/t19-,20+,25-,26-/m1/s1. The molecule has 0 aromatic heterocycles. The smallest absolute Gasteiger partial charge is 0.305 e. The third-order valence-electron chi connectivity index (χ3n) is 5.62. The van der Waals surface area contributed by atoms with Crippen LogP contribution in [-0.4, -0.2) is 119 Å². The molecule has 0 amide bonds. The molecule has 0 saturated heterocycles. The van der Waals surface area contributed by atoms with E-state index in [1.54, 1.807) is 0 Å². The van der Waals surface area contributed by atoms with Crippen LogP contribution in [0.4, 0.5) is 0 Å². The first-order valence-electron chi connectivity index (χ1n) is 13.7. The minimum absolute atomic E-state index is 0.0260. The third-order valence-corrected chi connectivity index (χ3v) is 5.62. The maximum Gasteiger partial charge on any atom is 0.305 e. The molecule has 0 aliphatic rings. The molecule has 0 radical (unpaired) electrons. The zero-order valence-electron chi connectivity index (χ0n) is 23.0. The lowest BCUT2D eigenvalue weighted by atomic mass is 10.0. The summed E-state index contributed by atoms with van der Waals surface area (Å²) in [6.07, 6.45) is -3.49. The molecule has 14 heteroatoms. The molecule has 0 fully saturated rings. The van der Waals surface area contributed by atoms with Crippen molar-refractivity contribution in [2.45, 2.75) is 101 Å². The minimum atomic E-state index is -1.90. The van der Waals surface area contributed by atoms with Crippen LogP contribution in [0, 0.1) is 0 Å². The van der Waals surface area contributed by atoms with Gasteiger partial charge < -0.3 is 49.6 Å². The molecule has 0 heterocycles. The van der Waals surface area contributed by atoms with Crippen molar-refractivity contribution in [1.29, 1.82) is 0 Å². The summed E-state index contributed by atoms with van der Waals surface area (Å²) in [5, 5.41) is 57.3. The SMILES string of the molecule is O=C(CCCCC(=O)OC[C@@H](O)[C@@H](O)[C@H](O)[C@@H](O)COC(=O)CCCCC(=O)OCCCCO)OCCCCO. The van der Waals surface area contributed by atoms with E-state index in [9.17, 15) is 39.6 Å². The first-order valence-corrected chi connectivity index (χ1v) is 13.7. The van der Waals surface area contributed by atoms with Crippen molar-refractivity contribution >= 4 is 23.9 Å². The van der Waals surface area contributed by atoms with Gasteiger partial charge in [-0.05, 0) is 51.4 Å². The van der Waals surface area contributed by atoms with E-state index < -0.39 is 61.5 Å². The molecule has 0 aromatic rings. The van der Waals surface area contributed by atoms with Crippen LogP contribution in [0.25, 0.3) is 0 Å². The molecule has 0 bridgehead atoms. The number of unbranched alkanes of at least 4 members (excludes halogenated alkanes) is 4. The lowest BCUT2D eigenvalue weighted by Gasteiger charge is -2.26. The first kappa shape index (κ1) is 37.6. The summed E-state index contributed by atoms with van der Waals surface area (Å²) >= 11 is 0. The molecule has 0 unspecified atom stereocenters. The quantitative estimate of drug-likeness (QED) is 0.0443. The van der Waals surface area contributed by atoms with Crippen LogP contribution in [0.15, 0.2) is 0 Å². The van der Waals surface area contributed by atoms with Gasteiger partial charge in [-0.1, -0.05) is 0 Å². The number of carbonyl (C=O) groups is 4. The molecule has 0 spiro atoms. The van der Waals surface area contributed by atoms with Crippen molar-refractivity contribution in [3.05, 3.63) is 0 Å². The Morgan fingerprint density at radius 2 is 0.750 bits per heavy atom. The summed E-state index contributed by atoms with van der Waals surface area (Å²) in [5.74, 6) is -2.21. The minimum Gasteiger partial charge on any atom is -0.466 e. The van der Waals surface area contributed by atoms with Crippen molar-refractivity contribution in [1.82, 2.24) is 0 Å². The van der Waals surface area contributed by atoms with E-state index in [0.29, 0.717) is 51.4 Å². The number of rotatable bonds is 25. The Kier molecular flexibility index (Phi) is 23.0.